The van der Waals surface area contributed by atoms with E-state index >= 15 is 0 Å². The number of amides is 1. The molecule has 1 heterocycles. The topological polar surface area (TPSA) is 89.2 Å². The molecule has 2 aromatic rings. The molecule has 29 heavy (non-hydrogen) atoms. The van der Waals surface area contributed by atoms with Gasteiger partial charge in [-0.2, -0.15) is 0 Å². The molecule has 0 aromatic heterocycles. The Kier molecular flexibility index (Phi) is 9.04. The Hall–Kier alpha value is -2.49. The van der Waals surface area contributed by atoms with Gasteiger partial charge in [0, 0.05) is 31.3 Å². The Morgan fingerprint density at radius 3 is 2.59 bits per heavy atom. The van der Waals surface area contributed by atoms with Gasteiger partial charge in [0.1, 0.15) is 6.54 Å². The maximum absolute atomic E-state index is 12.5. The third kappa shape index (κ3) is 6.81. The summed E-state index contributed by atoms with van der Waals surface area (Å²) in [6, 6.07) is 15.4. The normalized spacial score (nSPS) is 13.1. The van der Waals surface area contributed by atoms with Crippen molar-refractivity contribution in [3.63, 3.8) is 0 Å². The number of carbonyl (C=O) groups excluding carboxylic acids is 1. The molecule has 0 unspecified atom stereocenters. The minimum atomic E-state index is -0.0743. The largest absolute Gasteiger partial charge is 0.490 e. The highest BCUT2D eigenvalue weighted by Crippen LogP contribution is 2.32. The molecule has 0 atom stereocenters. The smallest absolute Gasteiger partial charge is 0.244 e. The van der Waals surface area contributed by atoms with Gasteiger partial charge in [-0.05, 0) is 24.6 Å². The number of nitrogens with zero attached hydrogens (tertiary/aromatic N) is 2. The molecule has 156 valence electrons. The number of hydrogen-bond acceptors (Lipinski definition) is 4. The summed E-state index contributed by atoms with van der Waals surface area (Å²) in [4.78, 5) is 18.4. The molecule has 1 amide bonds. The maximum Gasteiger partial charge on any atom is 0.244 e. The van der Waals surface area contributed by atoms with Gasteiger partial charge in [-0.3, -0.25) is 4.79 Å². The highest BCUT2D eigenvalue weighted by atomic mass is 127. The van der Waals surface area contributed by atoms with Crippen molar-refractivity contribution >= 4 is 41.5 Å². The zero-order chi connectivity index (χ0) is 19.8. The predicted molar refractivity (Wildman–Crippen MR) is 125 cm³/mol. The molecule has 1 aliphatic rings. The van der Waals surface area contributed by atoms with E-state index in [-0.39, 0.29) is 42.4 Å². The molecule has 7 nitrogen and oxygen atoms in total. The second-order valence-corrected chi connectivity index (χ2v) is 6.43. The molecule has 1 aliphatic heterocycles. The molecule has 8 heteroatoms. The van der Waals surface area contributed by atoms with Gasteiger partial charge in [0.15, 0.2) is 17.5 Å². The summed E-state index contributed by atoms with van der Waals surface area (Å²) in [5.74, 6) is 1.49. The molecule has 3 rings (SSSR count). The molecule has 0 fully saturated rings. The molecule has 0 aliphatic carbocycles. The minimum Gasteiger partial charge on any atom is -0.490 e. The first-order chi connectivity index (χ1) is 13.7. The summed E-state index contributed by atoms with van der Waals surface area (Å²) in [5.41, 5.74) is 7.77. The Morgan fingerprint density at radius 2 is 1.86 bits per heavy atom. The summed E-state index contributed by atoms with van der Waals surface area (Å²) < 4.78 is 11.3. The van der Waals surface area contributed by atoms with Crippen molar-refractivity contribution in [3.8, 4) is 11.5 Å². The molecule has 0 spiro atoms. The number of nitrogens with two attached hydrogens (primary N) is 1. The quantitative estimate of drug-likeness (QED) is 0.354. The van der Waals surface area contributed by atoms with Crippen LogP contribution >= 0.6 is 24.0 Å². The number of anilines is 1. The molecule has 3 N–H and O–H groups in total. The van der Waals surface area contributed by atoms with Crippen molar-refractivity contribution in [2.24, 2.45) is 10.7 Å². The molecule has 0 radical (unpaired) electrons. The Balaban J connectivity index is 0.00000300. The number of guanidine groups is 1. The first-order valence-corrected chi connectivity index (χ1v) is 9.44. The van der Waals surface area contributed by atoms with Crippen LogP contribution < -0.4 is 20.5 Å². The minimum absolute atomic E-state index is 0. The zero-order valence-corrected chi connectivity index (χ0v) is 18.8. The number of fused-ring (bicyclic) bond motifs is 1. The van der Waals surface area contributed by atoms with Gasteiger partial charge in [0.05, 0.1) is 13.2 Å². The Bertz CT molecular complexity index is 830. The fourth-order valence-electron chi connectivity index (χ4n) is 2.86. The summed E-state index contributed by atoms with van der Waals surface area (Å²) in [6.45, 7) is 4.36. The van der Waals surface area contributed by atoms with E-state index in [1.165, 1.54) is 0 Å². The third-order valence-electron chi connectivity index (χ3n) is 4.36. The summed E-state index contributed by atoms with van der Waals surface area (Å²) in [6.07, 6.45) is 0.847. The van der Waals surface area contributed by atoms with E-state index in [1.807, 2.05) is 55.5 Å². The number of ether oxygens (including phenoxy) is 2. The molecule has 0 bridgehead atoms. The van der Waals surface area contributed by atoms with Gasteiger partial charge < -0.3 is 25.4 Å². The predicted octanol–water partition coefficient (Wildman–Crippen LogP) is 3.24. The van der Waals surface area contributed by atoms with E-state index in [4.69, 9.17) is 15.2 Å². The van der Waals surface area contributed by atoms with Crippen molar-refractivity contribution in [3.05, 3.63) is 54.1 Å². The zero-order valence-electron chi connectivity index (χ0n) is 16.5. The lowest BCUT2D eigenvalue weighted by molar-refractivity contribution is -0.130. The molecule has 2 aromatic carbocycles. The van der Waals surface area contributed by atoms with Crippen molar-refractivity contribution in [1.29, 1.82) is 0 Å². The van der Waals surface area contributed by atoms with Crippen molar-refractivity contribution in [2.45, 2.75) is 19.9 Å². The number of likely N-dealkylation sites (N-methyl/N-ethyl adjacent to an activating group) is 1. The average Bonchev–Trinajstić information content (AvgIpc) is 2.96. The lowest BCUT2D eigenvalue weighted by Crippen LogP contribution is -2.33. The van der Waals surface area contributed by atoms with E-state index in [2.05, 4.69) is 10.3 Å². The van der Waals surface area contributed by atoms with E-state index in [1.54, 1.807) is 4.90 Å². The van der Waals surface area contributed by atoms with Crippen LogP contribution in [0.2, 0.25) is 0 Å². The van der Waals surface area contributed by atoms with E-state index in [9.17, 15) is 4.79 Å². The van der Waals surface area contributed by atoms with Crippen LogP contribution in [0.3, 0.4) is 0 Å². The van der Waals surface area contributed by atoms with Gasteiger partial charge >= 0.3 is 0 Å². The van der Waals surface area contributed by atoms with Crippen LogP contribution in [-0.4, -0.2) is 43.1 Å². The number of halogens is 1. The third-order valence-corrected chi connectivity index (χ3v) is 4.36. The van der Waals surface area contributed by atoms with Crippen molar-refractivity contribution < 1.29 is 14.3 Å². The second kappa shape index (κ2) is 11.5. The number of rotatable bonds is 6. The first-order valence-electron chi connectivity index (χ1n) is 9.44. The van der Waals surface area contributed by atoms with E-state index in [0.717, 1.165) is 17.7 Å². The molecule has 0 saturated carbocycles. The molecular weight excluding hydrogens is 483 g/mol. The highest BCUT2D eigenvalue weighted by molar-refractivity contribution is 14.0. The van der Waals surface area contributed by atoms with Crippen LogP contribution in [0.4, 0.5) is 5.69 Å². The fourth-order valence-corrected chi connectivity index (χ4v) is 2.86. The Labute approximate surface area is 188 Å². The number of aliphatic imine (C=N–C) groups is 1. The van der Waals surface area contributed by atoms with Gasteiger partial charge in [0.2, 0.25) is 5.91 Å². The second-order valence-electron chi connectivity index (χ2n) is 6.43. The molecular formula is C21H27IN4O3. The number of benzene rings is 2. The van der Waals surface area contributed by atoms with Crippen LogP contribution in [0.25, 0.3) is 0 Å². The number of nitrogens with one attached hydrogen (secondary N) is 1. The van der Waals surface area contributed by atoms with Crippen LogP contribution in [0.1, 0.15) is 18.9 Å². The van der Waals surface area contributed by atoms with Crippen molar-refractivity contribution in [1.82, 2.24) is 4.90 Å². The van der Waals surface area contributed by atoms with Gasteiger partial charge in [-0.15, -0.1) is 24.0 Å². The average molecular weight is 510 g/mol. The molecule has 0 saturated heterocycles. The standard InChI is InChI=1S/C21H26N4O3.HI/c1-2-25(15-16-7-4-3-5-8-16)20(26)14-23-21(22)24-17-9-10-18-19(13-17)28-12-6-11-27-18;/h3-5,7-10,13H,2,6,11-12,14-15H2,1H3,(H3,22,23,24);1H. The number of hydrogen-bond donors (Lipinski definition) is 2. The lowest BCUT2D eigenvalue weighted by atomic mass is 10.2. The first kappa shape index (κ1) is 22.8. The highest BCUT2D eigenvalue weighted by Gasteiger charge is 2.13. The maximum atomic E-state index is 12.5. The van der Waals surface area contributed by atoms with Gasteiger partial charge in [-0.25, -0.2) is 4.99 Å². The van der Waals surface area contributed by atoms with Gasteiger partial charge in [-0.1, -0.05) is 30.3 Å². The van der Waals surface area contributed by atoms with Gasteiger partial charge in [0.25, 0.3) is 0 Å². The van der Waals surface area contributed by atoms with Crippen LogP contribution in [0, 0.1) is 0 Å². The SMILES string of the molecule is CCN(Cc1ccccc1)C(=O)CN=C(N)Nc1ccc2c(c1)OCCCO2.I. The fraction of sp³-hybridized carbons (Fsp3) is 0.333. The lowest BCUT2D eigenvalue weighted by Gasteiger charge is -2.20. The Morgan fingerprint density at radius 1 is 1.14 bits per heavy atom. The monoisotopic (exact) mass is 510 g/mol. The van der Waals surface area contributed by atoms with Crippen LogP contribution in [0.5, 0.6) is 11.5 Å². The summed E-state index contributed by atoms with van der Waals surface area (Å²) in [7, 11) is 0. The summed E-state index contributed by atoms with van der Waals surface area (Å²) in [5, 5.41) is 3.00. The van der Waals surface area contributed by atoms with Crippen LogP contribution in [-0.2, 0) is 11.3 Å². The van der Waals surface area contributed by atoms with Crippen molar-refractivity contribution in [2.75, 3.05) is 31.6 Å². The summed E-state index contributed by atoms with van der Waals surface area (Å²) >= 11 is 0. The number of carbonyl (C=O) groups is 1. The van der Waals surface area contributed by atoms with Crippen LogP contribution in [0.15, 0.2) is 53.5 Å². The van der Waals surface area contributed by atoms with E-state index < -0.39 is 0 Å². The van der Waals surface area contributed by atoms with E-state index in [0.29, 0.717) is 37.8 Å².